The Labute approximate surface area is 162 Å². The summed E-state index contributed by atoms with van der Waals surface area (Å²) >= 11 is 0. The Bertz CT molecular complexity index is 728. The molecule has 0 saturated carbocycles. The summed E-state index contributed by atoms with van der Waals surface area (Å²) < 4.78 is 48.9. The molecule has 0 spiro atoms. The minimum absolute atomic E-state index is 0.127. The van der Waals surface area contributed by atoms with E-state index in [0.29, 0.717) is 11.5 Å². The first-order valence-electron chi connectivity index (χ1n) is 8.94. The minimum Gasteiger partial charge on any atom is -0.497 e. The maximum absolute atomic E-state index is 12.9. The summed E-state index contributed by atoms with van der Waals surface area (Å²) in [6.07, 6.45) is -3.13. The van der Waals surface area contributed by atoms with Crippen LogP contribution in [0.2, 0.25) is 0 Å². The molecule has 154 valence electrons. The van der Waals surface area contributed by atoms with Gasteiger partial charge in [0.05, 0.1) is 26.5 Å². The third-order valence-electron chi connectivity index (χ3n) is 4.26. The predicted molar refractivity (Wildman–Crippen MR) is 98.8 cm³/mol. The third-order valence-corrected chi connectivity index (χ3v) is 4.26. The Morgan fingerprint density at radius 3 is 2.39 bits per heavy atom. The van der Waals surface area contributed by atoms with Gasteiger partial charge in [0.25, 0.3) is 0 Å². The molecule has 5 nitrogen and oxygen atoms in total. The first-order valence-corrected chi connectivity index (χ1v) is 8.94. The third kappa shape index (κ3) is 6.60. The predicted octanol–water partition coefficient (Wildman–Crippen LogP) is 4.17. The molecule has 0 radical (unpaired) electrons. The van der Waals surface area contributed by atoms with Gasteiger partial charge in [0.1, 0.15) is 18.1 Å². The number of amides is 1. The smallest absolute Gasteiger partial charge is 0.406 e. The summed E-state index contributed by atoms with van der Waals surface area (Å²) in [5.74, 6) is 0.487. The monoisotopic (exact) mass is 398 g/mol. The molecule has 0 aliphatic rings. The fraction of sp³-hybridized carbons (Fsp3) is 0.450. The average molecular weight is 398 g/mol. The van der Waals surface area contributed by atoms with Gasteiger partial charge in [0.15, 0.2) is 0 Å². The Kier molecular flexibility index (Phi) is 7.51. The number of hydrogen-bond donors (Lipinski definition) is 1. The highest BCUT2D eigenvalue weighted by Crippen LogP contribution is 2.24. The topological polar surface area (TPSA) is 54.7 Å². The standard InChI is InChI=1S/C20H25F3N2O3/c1-14(2)19(15-6-8-16(27-3)9-7-15)24-11-18(26)25(13-20(21,22)23)12-17-5-4-10-28-17/h4-10,14,19,24H,11-13H2,1-3H3/t19-/m0/s1. The molecule has 0 fully saturated rings. The number of nitrogens with zero attached hydrogens (tertiary/aromatic N) is 1. The number of alkyl halides is 3. The molecule has 0 saturated heterocycles. The van der Waals surface area contributed by atoms with Crippen LogP contribution in [0.15, 0.2) is 47.1 Å². The Balaban J connectivity index is 2.06. The zero-order valence-corrected chi connectivity index (χ0v) is 16.1. The van der Waals surface area contributed by atoms with E-state index in [1.807, 2.05) is 26.0 Å². The van der Waals surface area contributed by atoms with Gasteiger partial charge in [-0.15, -0.1) is 0 Å². The number of nitrogens with one attached hydrogen (secondary N) is 1. The number of methoxy groups -OCH3 is 1. The highest BCUT2D eigenvalue weighted by molar-refractivity contribution is 5.78. The van der Waals surface area contributed by atoms with Crippen LogP contribution in [0.5, 0.6) is 5.75 Å². The van der Waals surface area contributed by atoms with Crippen LogP contribution >= 0.6 is 0 Å². The zero-order chi connectivity index (χ0) is 20.7. The van der Waals surface area contributed by atoms with E-state index in [9.17, 15) is 18.0 Å². The highest BCUT2D eigenvalue weighted by Gasteiger charge is 2.33. The lowest BCUT2D eigenvalue weighted by molar-refractivity contribution is -0.162. The molecule has 8 heteroatoms. The number of carbonyl (C=O) groups is 1. The van der Waals surface area contributed by atoms with Gasteiger partial charge in [0, 0.05) is 6.04 Å². The van der Waals surface area contributed by atoms with Crippen LogP contribution in [0.4, 0.5) is 13.2 Å². The highest BCUT2D eigenvalue weighted by atomic mass is 19.4. The minimum atomic E-state index is -4.49. The van der Waals surface area contributed by atoms with E-state index in [0.717, 1.165) is 10.5 Å². The summed E-state index contributed by atoms with van der Waals surface area (Å²) in [6.45, 7) is 2.17. The molecule has 1 aromatic carbocycles. The lowest BCUT2D eigenvalue weighted by Crippen LogP contribution is -2.44. The van der Waals surface area contributed by atoms with Crippen LogP contribution < -0.4 is 10.1 Å². The molecule has 1 heterocycles. The Hall–Kier alpha value is -2.48. The maximum atomic E-state index is 12.9. The molecule has 0 aliphatic heterocycles. The van der Waals surface area contributed by atoms with E-state index in [2.05, 4.69) is 5.32 Å². The van der Waals surface area contributed by atoms with E-state index in [4.69, 9.17) is 9.15 Å². The number of carbonyl (C=O) groups excluding carboxylic acids is 1. The first-order chi connectivity index (χ1) is 13.2. The quantitative estimate of drug-likeness (QED) is 0.689. The molecule has 28 heavy (non-hydrogen) atoms. The number of furan rings is 1. The summed E-state index contributed by atoms with van der Waals surface area (Å²) in [7, 11) is 1.57. The van der Waals surface area contributed by atoms with Gasteiger partial charge in [-0.2, -0.15) is 13.2 Å². The van der Waals surface area contributed by atoms with Gasteiger partial charge in [-0.05, 0) is 35.7 Å². The van der Waals surface area contributed by atoms with Crippen LogP contribution in [0.3, 0.4) is 0 Å². The van der Waals surface area contributed by atoms with Crippen molar-refractivity contribution in [3.63, 3.8) is 0 Å². The van der Waals surface area contributed by atoms with Crippen LogP contribution in [-0.2, 0) is 11.3 Å². The van der Waals surface area contributed by atoms with Crippen molar-refractivity contribution in [2.24, 2.45) is 5.92 Å². The lowest BCUT2D eigenvalue weighted by Gasteiger charge is -2.27. The van der Waals surface area contributed by atoms with Crippen molar-refractivity contribution in [2.75, 3.05) is 20.2 Å². The molecule has 0 bridgehead atoms. The van der Waals surface area contributed by atoms with E-state index in [-0.39, 0.29) is 25.0 Å². The second-order valence-corrected chi connectivity index (χ2v) is 6.82. The zero-order valence-electron chi connectivity index (χ0n) is 16.1. The summed E-state index contributed by atoms with van der Waals surface area (Å²) in [4.78, 5) is 13.3. The summed E-state index contributed by atoms with van der Waals surface area (Å²) in [6, 6.07) is 10.3. The average Bonchev–Trinajstić information content (AvgIpc) is 3.13. The maximum Gasteiger partial charge on any atom is 0.406 e. The van der Waals surface area contributed by atoms with Crippen LogP contribution in [-0.4, -0.2) is 37.2 Å². The number of halogens is 3. The Morgan fingerprint density at radius 1 is 1.21 bits per heavy atom. The lowest BCUT2D eigenvalue weighted by atomic mass is 9.96. The van der Waals surface area contributed by atoms with Crippen molar-refractivity contribution < 1.29 is 27.1 Å². The second kappa shape index (κ2) is 9.64. The molecule has 2 rings (SSSR count). The normalized spacial score (nSPS) is 12.8. The van der Waals surface area contributed by atoms with Gasteiger partial charge in [-0.25, -0.2) is 0 Å². The molecule has 2 aromatic rings. The fourth-order valence-electron chi connectivity index (χ4n) is 2.90. The second-order valence-electron chi connectivity index (χ2n) is 6.82. The van der Waals surface area contributed by atoms with Gasteiger partial charge in [-0.3, -0.25) is 4.79 Å². The SMILES string of the molecule is COc1ccc([C@@H](NCC(=O)N(Cc2ccco2)CC(F)(F)F)C(C)C)cc1. The summed E-state index contributed by atoms with van der Waals surface area (Å²) in [5.41, 5.74) is 0.928. The largest absolute Gasteiger partial charge is 0.497 e. The molecular formula is C20H25F3N2O3. The van der Waals surface area contributed by atoms with Crippen LogP contribution in [0.25, 0.3) is 0 Å². The van der Waals surface area contributed by atoms with Gasteiger partial charge in [0.2, 0.25) is 5.91 Å². The number of ether oxygens (including phenoxy) is 1. The molecule has 1 N–H and O–H groups in total. The number of hydrogen-bond acceptors (Lipinski definition) is 4. The van der Waals surface area contributed by atoms with Crippen molar-refractivity contribution in [1.29, 1.82) is 0 Å². The van der Waals surface area contributed by atoms with Crippen LogP contribution in [0.1, 0.15) is 31.2 Å². The molecule has 1 atom stereocenters. The summed E-state index contributed by atoms with van der Waals surface area (Å²) in [5, 5.41) is 3.09. The van der Waals surface area contributed by atoms with E-state index >= 15 is 0 Å². The number of benzene rings is 1. The molecule has 1 aromatic heterocycles. The first kappa shape index (κ1) is 21.8. The van der Waals surface area contributed by atoms with Gasteiger partial charge < -0.3 is 19.4 Å². The van der Waals surface area contributed by atoms with Gasteiger partial charge in [-0.1, -0.05) is 26.0 Å². The number of rotatable bonds is 9. The van der Waals surface area contributed by atoms with Crippen molar-refractivity contribution >= 4 is 5.91 Å². The molecule has 1 amide bonds. The van der Waals surface area contributed by atoms with Gasteiger partial charge >= 0.3 is 6.18 Å². The van der Waals surface area contributed by atoms with Crippen molar-refractivity contribution in [3.8, 4) is 5.75 Å². The Morgan fingerprint density at radius 2 is 1.89 bits per heavy atom. The van der Waals surface area contributed by atoms with Crippen molar-refractivity contribution in [1.82, 2.24) is 10.2 Å². The van der Waals surface area contributed by atoms with E-state index in [1.54, 1.807) is 31.4 Å². The molecular weight excluding hydrogens is 373 g/mol. The van der Waals surface area contributed by atoms with E-state index < -0.39 is 18.6 Å². The molecule has 0 aliphatic carbocycles. The fourth-order valence-corrected chi connectivity index (χ4v) is 2.90. The van der Waals surface area contributed by atoms with Crippen molar-refractivity contribution in [2.45, 2.75) is 32.6 Å². The molecule has 0 unspecified atom stereocenters. The van der Waals surface area contributed by atoms with Crippen molar-refractivity contribution in [3.05, 3.63) is 54.0 Å². The van der Waals surface area contributed by atoms with Crippen LogP contribution in [0, 0.1) is 5.92 Å². The van der Waals surface area contributed by atoms with E-state index in [1.165, 1.54) is 6.26 Å².